The molecular weight excluding hydrogens is 336 g/mol. The molecule has 1 N–H and O–H groups in total. The van der Waals surface area contributed by atoms with E-state index in [4.69, 9.17) is 0 Å². The summed E-state index contributed by atoms with van der Waals surface area (Å²) in [6.07, 6.45) is 0. The van der Waals surface area contributed by atoms with Gasteiger partial charge in [0.25, 0.3) is 5.91 Å². The number of thiophene rings is 1. The molecule has 2 aromatic heterocycles. The molecule has 1 saturated heterocycles. The van der Waals surface area contributed by atoms with Crippen LogP contribution in [0.1, 0.15) is 50.0 Å². The fourth-order valence-corrected chi connectivity index (χ4v) is 4.32. The maximum Gasteiger partial charge on any atom is 0.262 e. The maximum atomic E-state index is 12.7. The molecule has 6 nitrogen and oxygen atoms in total. The Balaban J connectivity index is 1.72. The molecule has 0 aliphatic carbocycles. The maximum absolute atomic E-state index is 12.7. The van der Waals surface area contributed by atoms with Crippen molar-refractivity contribution in [2.24, 2.45) is 12.5 Å². The van der Waals surface area contributed by atoms with E-state index in [1.807, 2.05) is 24.9 Å². The van der Waals surface area contributed by atoms with Gasteiger partial charge in [0.2, 0.25) is 5.91 Å². The van der Waals surface area contributed by atoms with Crippen LogP contribution in [0, 0.1) is 12.3 Å². The average Bonchev–Trinajstić information content (AvgIpc) is 3.06. The highest BCUT2D eigenvalue weighted by atomic mass is 32.1. The number of hydrogen-bond donors (Lipinski definition) is 1. The van der Waals surface area contributed by atoms with Crippen molar-refractivity contribution in [2.45, 2.75) is 53.1 Å². The molecule has 1 fully saturated rings. The molecule has 2 amide bonds. The van der Waals surface area contributed by atoms with Crippen molar-refractivity contribution in [3.8, 4) is 0 Å². The predicted octanol–water partition coefficient (Wildman–Crippen LogP) is 2.71. The van der Waals surface area contributed by atoms with Crippen molar-refractivity contribution in [1.29, 1.82) is 0 Å². The minimum Gasteiger partial charge on any atom is -0.340 e. The van der Waals surface area contributed by atoms with Crippen LogP contribution in [-0.4, -0.2) is 44.6 Å². The number of amides is 2. The van der Waals surface area contributed by atoms with E-state index >= 15 is 0 Å². The quantitative estimate of drug-likeness (QED) is 0.913. The molecule has 25 heavy (non-hydrogen) atoms. The normalized spacial score (nSPS) is 19.6. The van der Waals surface area contributed by atoms with E-state index in [9.17, 15) is 9.59 Å². The predicted molar refractivity (Wildman–Crippen MR) is 99.8 cm³/mol. The van der Waals surface area contributed by atoms with Gasteiger partial charge in [-0.3, -0.25) is 14.3 Å². The molecule has 0 saturated carbocycles. The fraction of sp³-hybridized carbons (Fsp3) is 0.611. The largest absolute Gasteiger partial charge is 0.340 e. The van der Waals surface area contributed by atoms with E-state index in [0.717, 1.165) is 15.9 Å². The summed E-state index contributed by atoms with van der Waals surface area (Å²) in [5, 5.41) is 8.18. The number of carbonyl (C=O) groups excluding carboxylic acids is 2. The SMILES string of the molecule is Cc1nn(C)c2sc(C(=O)NC(C)C(=O)N3CC(C)(C)C3(C)C)cc12. The Kier molecular flexibility index (Phi) is 3.98. The lowest BCUT2D eigenvalue weighted by Gasteiger charge is -2.61. The molecule has 1 aliphatic heterocycles. The number of aromatic nitrogens is 2. The van der Waals surface area contributed by atoms with Crippen LogP contribution in [0.15, 0.2) is 6.07 Å². The Morgan fingerprint density at radius 3 is 2.48 bits per heavy atom. The van der Waals surface area contributed by atoms with Crippen LogP contribution in [0.4, 0.5) is 0 Å². The molecule has 1 aliphatic rings. The second-order valence-electron chi connectivity index (χ2n) is 8.10. The molecule has 136 valence electrons. The zero-order valence-corrected chi connectivity index (χ0v) is 16.7. The zero-order chi connectivity index (χ0) is 18.7. The minimum absolute atomic E-state index is 0.0309. The Morgan fingerprint density at radius 1 is 1.32 bits per heavy atom. The van der Waals surface area contributed by atoms with Crippen molar-refractivity contribution < 1.29 is 9.59 Å². The summed E-state index contributed by atoms with van der Waals surface area (Å²) in [5.74, 6) is -0.240. The van der Waals surface area contributed by atoms with Gasteiger partial charge in [-0.1, -0.05) is 13.8 Å². The first-order valence-electron chi connectivity index (χ1n) is 8.51. The summed E-state index contributed by atoms with van der Waals surface area (Å²) in [6, 6.07) is 1.30. The van der Waals surface area contributed by atoms with Gasteiger partial charge in [0.1, 0.15) is 10.9 Å². The highest BCUT2D eigenvalue weighted by molar-refractivity contribution is 7.20. The smallest absolute Gasteiger partial charge is 0.262 e. The van der Waals surface area contributed by atoms with Crippen LogP contribution in [0.2, 0.25) is 0 Å². The Labute approximate surface area is 152 Å². The van der Waals surface area contributed by atoms with Gasteiger partial charge in [-0.25, -0.2) is 0 Å². The van der Waals surface area contributed by atoms with Crippen molar-refractivity contribution in [2.75, 3.05) is 6.54 Å². The minimum atomic E-state index is -0.549. The first kappa shape index (κ1) is 17.9. The molecule has 0 spiro atoms. The number of nitrogens with one attached hydrogen (secondary N) is 1. The second-order valence-corrected chi connectivity index (χ2v) is 9.13. The zero-order valence-electron chi connectivity index (χ0n) is 15.9. The van der Waals surface area contributed by atoms with Gasteiger partial charge in [-0.15, -0.1) is 11.3 Å². The van der Waals surface area contributed by atoms with Gasteiger partial charge in [0, 0.05) is 29.9 Å². The monoisotopic (exact) mass is 362 g/mol. The first-order valence-corrected chi connectivity index (χ1v) is 9.33. The topological polar surface area (TPSA) is 67.2 Å². The van der Waals surface area contributed by atoms with Crippen LogP contribution in [-0.2, 0) is 11.8 Å². The van der Waals surface area contributed by atoms with Crippen LogP contribution < -0.4 is 5.32 Å². The molecular formula is C18H26N4O2S. The number of nitrogens with zero attached hydrogens (tertiary/aromatic N) is 3. The van der Waals surface area contributed by atoms with E-state index in [2.05, 4.69) is 38.1 Å². The number of fused-ring (bicyclic) bond motifs is 1. The van der Waals surface area contributed by atoms with Gasteiger partial charge in [-0.05, 0) is 33.8 Å². The highest BCUT2D eigenvalue weighted by Crippen LogP contribution is 2.46. The number of carbonyl (C=O) groups is 2. The van der Waals surface area contributed by atoms with Crippen molar-refractivity contribution in [1.82, 2.24) is 20.0 Å². The van der Waals surface area contributed by atoms with Gasteiger partial charge in [0.05, 0.1) is 10.6 Å². The van der Waals surface area contributed by atoms with E-state index < -0.39 is 6.04 Å². The third kappa shape index (κ3) is 2.65. The summed E-state index contributed by atoms with van der Waals surface area (Å²) in [6.45, 7) is 12.9. The van der Waals surface area contributed by atoms with Gasteiger partial charge in [0.15, 0.2) is 0 Å². The molecule has 7 heteroatoms. The summed E-state index contributed by atoms with van der Waals surface area (Å²) in [5.41, 5.74) is 0.785. The summed E-state index contributed by atoms with van der Waals surface area (Å²) >= 11 is 1.40. The lowest BCUT2D eigenvalue weighted by molar-refractivity contribution is -0.168. The number of hydrogen-bond acceptors (Lipinski definition) is 4. The third-order valence-corrected chi connectivity index (χ3v) is 6.99. The molecule has 0 bridgehead atoms. The van der Waals surface area contributed by atoms with Gasteiger partial charge in [-0.2, -0.15) is 5.10 Å². The lowest BCUT2D eigenvalue weighted by Crippen LogP contribution is -2.72. The van der Waals surface area contributed by atoms with Gasteiger partial charge >= 0.3 is 0 Å². The molecule has 0 radical (unpaired) electrons. The van der Waals surface area contributed by atoms with Crippen molar-refractivity contribution >= 4 is 33.4 Å². The summed E-state index contributed by atoms with van der Waals surface area (Å²) in [7, 11) is 1.87. The highest BCUT2D eigenvalue weighted by Gasteiger charge is 2.55. The number of likely N-dealkylation sites (tertiary alicyclic amines) is 1. The van der Waals surface area contributed by atoms with Crippen LogP contribution in [0.5, 0.6) is 0 Å². The Bertz CT molecular complexity index is 827. The van der Waals surface area contributed by atoms with Crippen LogP contribution in [0.25, 0.3) is 10.2 Å². The molecule has 2 aromatic rings. The molecule has 1 unspecified atom stereocenters. The fourth-order valence-electron chi connectivity index (χ4n) is 3.29. The molecule has 1 atom stereocenters. The van der Waals surface area contributed by atoms with E-state index in [-0.39, 0.29) is 22.8 Å². The number of aryl methyl sites for hydroxylation is 2. The van der Waals surface area contributed by atoms with Crippen molar-refractivity contribution in [3.05, 3.63) is 16.6 Å². The lowest BCUT2D eigenvalue weighted by atomic mass is 9.65. The van der Waals surface area contributed by atoms with E-state index in [1.54, 1.807) is 11.6 Å². The molecule has 3 rings (SSSR count). The van der Waals surface area contributed by atoms with Crippen LogP contribution in [0.3, 0.4) is 0 Å². The summed E-state index contributed by atoms with van der Waals surface area (Å²) in [4.78, 5) is 28.7. The standard InChI is InChI=1S/C18H26N4O2S/c1-10-12-8-13(25-16(12)21(7)20-10)14(23)19-11(2)15(24)22-9-17(3,4)18(22,5)6/h8,11H,9H2,1-7H3,(H,19,23). The molecule has 3 heterocycles. The second kappa shape index (κ2) is 5.56. The third-order valence-electron chi connectivity index (χ3n) is 5.79. The Hall–Kier alpha value is -1.89. The molecule has 0 aromatic carbocycles. The van der Waals surface area contributed by atoms with E-state index in [0.29, 0.717) is 11.4 Å². The van der Waals surface area contributed by atoms with E-state index in [1.165, 1.54) is 11.3 Å². The van der Waals surface area contributed by atoms with Crippen LogP contribution >= 0.6 is 11.3 Å². The average molecular weight is 362 g/mol. The summed E-state index contributed by atoms with van der Waals surface area (Å²) < 4.78 is 1.78. The van der Waals surface area contributed by atoms with Gasteiger partial charge < -0.3 is 10.2 Å². The van der Waals surface area contributed by atoms with Crippen molar-refractivity contribution in [3.63, 3.8) is 0 Å². The number of rotatable bonds is 3. The Morgan fingerprint density at radius 2 is 1.96 bits per heavy atom. The first-order chi connectivity index (χ1) is 11.5.